The van der Waals surface area contributed by atoms with Gasteiger partial charge in [-0.15, -0.1) is 0 Å². The van der Waals surface area contributed by atoms with E-state index in [9.17, 15) is 9.59 Å². The third-order valence-electron chi connectivity index (χ3n) is 5.23. The van der Waals surface area contributed by atoms with Gasteiger partial charge in [0.25, 0.3) is 11.5 Å². The van der Waals surface area contributed by atoms with Crippen LogP contribution in [0.2, 0.25) is 0 Å². The van der Waals surface area contributed by atoms with Gasteiger partial charge in [-0.1, -0.05) is 54.9 Å². The molecule has 7 nitrogen and oxygen atoms in total. The van der Waals surface area contributed by atoms with Gasteiger partial charge in [0.15, 0.2) is 6.61 Å². The second-order valence-corrected chi connectivity index (χ2v) is 12.5. The van der Waals surface area contributed by atoms with E-state index in [-0.39, 0.29) is 18.1 Å². The molecule has 0 aliphatic carbocycles. The van der Waals surface area contributed by atoms with Crippen LogP contribution in [-0.4, -0.2) is 28.4 Å². The molecule has 1 heterocycles. The number of fused-ring (bicyclic) bond motifs is 1. The number of hydrogen-bond donors (Lipinski definition) is 1. The summed E-state index contributed by atoms with van der Waals surface area (Å²) in [5.74, 6) is 0.941. The van der Waals surface area contributed by atoms with Crippen LogP contribution in [0.15, 0.2) is 75.0 Å². The molecule has 1 N–H and O–H groups in total. The Kier molecular flexibility index (Phi) is 8.69. The maximum Gasteiger partial charge on any atom is 0.282 e. The number of aromatic nitrogens is 2. The monoisotopic (exact) mass is 784 g/mol. The number of nitrogens with one attached hydrogen (secondary N) is 1. The van der Waals surface area contributed by atoms with Crippen molar-refractivity contribution in [2.75, 3.05) is 11.9 Å². The van der Waals surface area contributed by atoms with Crippen molar-refractivity contribution in [2.24, 2.45) is 5.10 Å². The van der Waals surface area contributed by atoms with Crippen LogP contribution >= 0.6 is 61.1 Å². The largest absolute Gasteiger partial charge is 0.482 e. The van der Waals surface area contributed by atoms with Crippen LogP contribution in [0.25, 0.3) is 10.9 Å². The van der Waals surface area contributed by atoms with Crippen molar-refractivity contribution in [3.05, 3.63) is 94.0 Å². The molecule has 37 heavy (non-hydrogen) atoms. The zero-order valence-corrected chi connectivity index (χ0v) is 26.2. The molecule has 0 fully saturated rings. The quantitative estimate of drug-likeness (QED) is 0.177. The van der Waals surface area contributed by atoms with Crippen LogP contribution in [-0.2, 0) is 10.2 Å². The third kappa shape index (κ3) is 6.77. The number of para-hydroxylation sites is 1. The number of hydrogen-bond acceptors (Lipinski definition) is 5. The average molecular weight is 785 g/mol. The maximum absolute atomic E-state index is 13.4. The minimum atomic E-state index is -0.404. The molecular formula is C27H23BrI2N4O3. The molecule has 0 aliphatic rings. The fourth-order valence-corrected chi connectivity index (χ4v) is 6.00. The lowest BCUT2D eigenvalue weighted by Gasteiger charge is -2.21. The minimum Gasteiger partial charge on any atom is -0.482 e. The van der Waals surface area contributed by atoms with Crippen molar-refractivity contribution in [1.82, 2.24) is 9.66 Å². The van der Waals surface area contributed by atoms with Crippen LogP contribution < -0.4 is 15.6 Å². The summed E-state index contributed by atoms with van der Waals surface area (Å²) < 4.78 is 9.63. The molecule has 0 spiro atoms. The minimum absolute atomic E-state index is 0.114. The Morgan fingerprint density at radius 3 is 2.43 bits per heavy atom. The lowest BCUT2D eigenvalue weighted by atomic mass is 9.95. The molecule has 0 radical (unpaired) electrons. The number of amides is 1. The summed E-state index contributed by atoms with van der Waals surface area (Å²) in [5, 5.41) is 7.84. The predicted molar refractivity (Wildman–Crippen MR) is 168 cm³/mol. The fraction of sp³-hybridized carbons (Fsp3) is 0.185. The van der Waals surface area contributed by atoms with E-state index in [2.05, 4.69) is 71.5 Å². The van der Waals surface area contributed by atoms with Gasteiger partial charge in [-0.2, -0.15) is 9.78 Å². The van der Waals surface area contributed by atoms with Crippen LogP contribution in [0.1, 0.15) is 32.2 Å². The first-order chi connectivity index (χ1) is 17.5. The highest BCUT2D eigenvalue weighted by atomic mass is 127. The smallest absolute Gasteiger partial charge is 0.282 e. The van der Waals surface area contributed by atoms with Gasteiger partial charge in [0.2, 0.25) is 0 Å². The topological polar surface area (TPSA) is 85.6 Å². The van der Waals surface area contributed by atoms with E-state index in [0.29, 0.717) is 28.2 Å². The number of nitrogens with zero attached hydrogens (tertiary/aromatic N) is 3. The number of rotatable bonds is 6. The van der Waals surface area contributed by atoms with Crippen molar-refractivity contribution >= 4 is 89.8 Å². The van der Waals surface area contributed by atoms with Gasteiger partial charge < -0.3 is 10.1 Å². The number of benzene rings is 3. The second-order valence-electron chi connectivity index (χ2n) is 9.22. The van der Waals surface area contributed by atoms with E-state index in [4.69, 9.17) is 9.72 Å². The molecule has 1 aromatic heterocycles. The van der Waals surface area contributed by atoms with Gasteiger partial charge in [0.1, 0.15) is 11.6 Å². The van der Waals surface area contributed by atoms with Gasteiger partial charge in [-0.3, -0.25) is 9.59 Å². The van der Waals surface area contributed by atoms with E-state index in [1.165, 1.54) is 4.68 Å². The van der Waals surface area contributed by atoms with E-state index in [1.807, 2.05) is 75.4 Å². The second kappa shape index (κ2) is 11.6. The molecule has 0 unspecified atom stereocenters. The Labute approximate surface area is 250 Å². The summed E-state index contributed by atoms with van der Waals surface area (Å²) in [6.07, 6.45) is 1.64. The van der Waals surface area contributed by atoms with Crippen molar-refractivity contribution in [3.63, 3.8) is 0 Å². The number of ether oxygens (including phenoxy) is 1. The summed E-state index contributed by atoms with van der Waals surface area (Å²) in [6, 6.07) is 18.5. The first-order valence-electron chi connectivity index (χ1n) is 11.3. The Morgan fingerprint density at radius 2 is 1.78 bits per heavy atom. The molecule has 4 rings (SSSR count). The summed E-state index contributed by atoms with van der Waals surface area (Å²) in [4.78, 5) is 30.4. The number of carbonyl (C=O) groups is 1. The Hall–Kier alpha value is -2.32. The molecule has 0 aliphatic heterocycles. The molecule has 4 aromatic rings. The van der Waals surface area contributed by atoms with E-state index in [1.54, 1.807) is 12.3 Å². The lowest BCUT2D eigenvalue weighted by molar-refractivity contribution is -0.118. The Morgan fingerprint density at radius 1 is 1.11 bits per heavy atom. The fourth-order valence-electron chi connectivity index (χ4n) is 3.51. The van der Waals surface area contributed by atoms with Crippen molar-refractivity contribution in [1.29, 1.82) is 0 Å². The average Bonchev–Trinajstić information content (AvgIpc) is 2.83. The molecule has 0 atom stereocenters. The molecule has 190 valence electrons. The zero-order chi connectivity index (χ0) is 26.7. The predicted octanol–water partition coefficient (Wildman–Crippen LogP) is 6.57. The summed E-state index contributed by atoms with van der Waals surface area (Å²) in [6.45, 7) is 5.88. The molecule has 0 saturated heterocycles. The highest BCUT2D eigenvalue weighted by Crippen LogP contribution is 2.29. The summed E-state index contributed by atoms with van der Waals surface area (Å²) in [5.41, 5.74) is 1.50. The molecule has 0 saturated carbocycles. The van der Waals surface area contributed by atoms with Crippen LogP contribution in [0.4, 0.5) is 5.69 Å². The number of carbonyl (C=O) groups excluding carboxylic acids is 1. The van der Waals surface area contributed by atoms with Crippen molar-refractivity contribution < 1.29 is 9.53 Å². The Balaban J connectivity index is 1.60. The molecule has 1 amide bonds. The van der Waals surface area contributed by atoms with Crippen LogP contribution in [0.5, 0.6) is 5.75 Å². The summed E-state index contributed by atoms with van der Waals surface area (Å²) >= 11 is 7.77. The van der Waals surface area contributed by atoms with Crippen molar-refractivity contribution in [2.45, 2.75) is 26.2 Å². The maximum atomic E-state index is 13.4. The van der Waals surface area contributed by atoms with Gasteiger partial charge >= 0.3 is 0 Å². The SMILES string of the molecule is CC(C)(C)c1nc2ccc(Br)cc2c(=O)n1N=Cc1cc(I)c(OCC(=O)Nc2ccccc2)c(I)c1. The van der Waals surface area contributed by atoms with Gasteiger partial charge in [0.05, 0.1) is 24.3 Å². The molecule has 10 heteroatoms. The van der Waals surface area contributed by atoms with E-state index in [0.717, 1.165) is 17.2 Å². The lowest BCUT2D eigenvalue weighted by Crippen LogP contribution is -2.29. The van der Waals surface area contributed by atoms with E-state index >= 15 is 0 Å². The van der Waals surface area contributed by atoms with E-state index < -0.39 is 5.41 Å². The van der Waals surface area contributed by atoms with Crippen LogP contribution in [0, 0.1) is 7.14 Å². The van der Waals surface area contributed by atoms with Crippen LogP contribution in [0.3, 0.4) is 0 Å². The highest BCUT2D eigenvalue weighted by Gasteiger charge is 2.23. The van der Waals surface area contributed by atoms with Crippen molar-refractivity contribution in [3.8, 4) is 5.75 Å². The van der Waals surface area contributed by atoms with Gasteiger partial charge in [-0.25, -0.2) is 4.98 Å². The Bertz CT molecular complexity index is 1540. The normalized spacial score (nSPS) is 11.7. The van der Waals surface area contributed by atoms with Gasteiger partial charge in [-0.05, 0) is 93.2 Å². The zero-order valence-electron chi connectivity index (χ0n) is 20.3. The third-order valence-corrected chi connectivity index (χ3v) is 7.32. The molecule has 0 bridgehead atoms. The standard InChI is InChI=1S/C27H23BrI2N4O3/c1-27(2,3)26-33-22-10-9-17(28)13-19(22)25(36)34(26)31-14-16-11-20(29)24(21(30)12-16)37-15-23(35)32-18-7-5-4-6-8-18/h4-14H,15H2,1-3H3,(H,32,35). The number of halogens is 3. The number of anilines is 1. The first-order valence-corrected chi connectivity index (χ1v) is 14.2. The molecular weight excluding hydrogens is 762 g/mol. The van der Waals surface area contributed by atoms with Gasteiger partial charge in [0, 0.05) is 15.6 Å². The first kappa shape index (κ1) is 27.7. The molecule has 3 aromatic carbocycles. The summed E-state index contributed by atoms with van der Waals surface area (Å²) in [7, 11) is 0. The highest BCUT2D eigenvalue weighted by molar-refractivity contribution is 14.1.